The normalized spacial score (nSPS) is 21.6. The lowest BCUT2D eigenvalue weighted by Gasteiger charge is -2.20. The minimum Gasteiger partial charge on any atom is -0.392 e. The van der Waals surface area contributed by atoms with E-state index in [9.17, 15) is 5.11 Å². The summed E-state index contributed by atoms with van der Waals surface area (Å²) < 4.78 is 0. The number of hydrogen-bond acceptors (Lipinski definition) is 2. The van der Waals surface area contributed by atoms with Crippen molar-refractivity contribution in [1.82, 2.24) is 5.32 Å². The molecule has 2 nitrogen and oxygen atoms in total. The van der Waals surface area contributed by atoms with Crippen LogP contribution in [0.1, 0.15) is 59.3 Å². The molecule has 0 radical (unpaired) electrons. The highest BCUT2D eigenvalue weighted by atomic mass is 16.3. The molecule has 2 N–H and O–H groups in total. The van der Waals surface area contributed by atoms with Gasteiger partial charge in [-0.05, 0) is 31.6 Å². The third-order valence-electron chi connectivity index (χ3n) is 3.61. The number of hydrogen-bond donors (Lipinski definition) is 2. The zero-order valence-corrected chi connectivity index (χ0v) is 11.2. The maximum atomic E-state index is 9.93. The third kappa shape index (κ3) is 5.86. The minimum absolute atomic E-state index is 0.141. The number of aliphatic hydroxyl groups is 1. The number of aliphatic hydroxyl groups excluding tert-OH is 1. The van der Waals surface area contributed by atoms with Gasteiger partial charge in [0.2, 0.25) is 0 Å². The monoisotopic (exact) mass is 227 g/mol. The average molecular weight is 227 g/mol. The Morgan fingerprint density at radius 1 is 1.19 bits per heavy atom. The second-order valence-electron chi connectivity index (χ2n) is 5.98. The van der Waals surface area contributed by atoms with Crippen LogP contribution in [-0.4, -0.2) is 23.8 Å². The zero-order valence-electron chi connectivity index (χ0n) is 11.2. The summed E-state index contributed by atoms with van der Waals surface area (Å²) in [5, 5.41) is 13.4. The van der Waals surface area contributed by atoms with Crippen LogP contribution < -0.4 is 5.32 Å². The van der Waals surface area contributed by atoms with E-state index in [1.54, 1.807) is 0 Å². The van der Waals surface area contributed by atoms with Crippen LogP contribution in [0.15, 0.2) is 0 Å². The molecule has 2 heteroatoms. The van der Waals surface area contributed by atoms with Crippen molar-refractivity contribution < 1.29 is 5.11 Å². The predicted molar refractivity (Wildman–Crippen MR) is 69.5 cm³/mol. The maximum absolute atomic E-state index is 9.93. The molecule has 0 aromatic heterocycles. The van der Waals surface area contributed by atoms with Crippen LogP contribution in [0.25, 0.3) is 0 Å². The topological polar surface area (TPSA) is 32.3 Å². The molecule has 2 unspecified atom stereocenters. The van der Waals surface area contributed by atoms with E-state index < -0.39 is 0 Å². The van der Waals surface area contributed by atoms with Gasteiger partial charge in [-0.15, -0.1) is 0 Å². The number of nitrogens with one attached hydrogen (secondary N) is 1. The Labute approximate surface area is 101 Å². The molecule has 2 atom stereocenters. The van der Waals surface area contributed by atoms with Crippen molar-refractivity contribution in [3.05, 3.63) is 0 Å². The van der Waals surface area contributed by atoms with E-state index in [0.717, 1.165) is 24.8 Å². The summed E-state index contributed by atoms with van der Waals surface area (Å²) in [5.41, 5.74) is 0. The Morgan fingerprint density at radius 2 is 1.81 bits per heavy atom. The lowest BCUT2D eigenvalue weighted by molar-refractivity contribution is 0.136. The average Bonchev–Trinajstić information content (AvgIpc) is 2.66. The van der Waals surface area contributed by atoms with Crippen LogP contribution >= 0.6 is 0 Å². The summed E-state index contributed by atoms with van der Waals surface area (Å²) in [5.74, 6) is 1.52. The molecule has 1 rings (SSSR count). The highest BCUT2D eigenvalue weighted by Gasteiger charge is 2.18. The molecule has 1 aliphatic carbocycles. The summed E-state index contributed by atoms with van der Waals surface area (Å²) in [6.45, 7) is 7.47. The second kappa shape index (κ2) is 7.29. The van der Waals surface area contributed by atoms with E-state index in [4.69, 9.17) is 0 Å². The van der Waals surface area contributed by atoms with Gasteiger partial charge in [0.15, 0.2) is 0 Å². The molecule has 16 heavy (non-hydrogen) atoms. The molecule has 0 aromatic carbocycles. The summed E-state index contributed by atoms with van der Waals surface area (Å²) in [7, 11) is 0. The van der Waals surface area contributed by atoms with Crippen molar-refractivity contribution in [2.24, 2.45) is 11.8 Å². The van der Waals surface area contributed by atoms with E-state index in [1.807, 2.05) is 0 Å². The molecule has 1 fully saturated rings. The van der Waals surface area contributed by atoms with Crippen LogP contribution in [0.5, 0.6) is 0 Å². The zero-order chi connectivity index (χ0) is 12.0. The Hall–Kier alpha value is -0.0800. The molecule has 1 aliphatic rings. The van der Waals surface area contributed by atoms with Crippen LogP contribution in [-0.2, 0) is 0 Å². The first-order valence-electron chi connectivity index (χ1n) is 6.99. The van der Waals surface area contributed by atoms with E-state index in [0.29, 0.717) is 6.04 Å². The van der Waals surface area contributed by atoms with Crippen molar-refractivity contribution in [1.29, 1.82) is 0 Å². The van der Waals surface area contributed by atoms with Crippen LogP contribution in [0.3, 0.4) is 0 Å². The van der Waals surface area contributed by atoms with E-state index in [2.05, 4.69) is 26.1 Å². The van der Waals surface area contributed by atoms with Gasteiger partial charge >= 0.3 is 0 Å². The molecule has 0 aromatic rings. The fraction of sp³-hybridized carbons (Fsp3) is 1.00. The van der Waals surface area contributed by atoms with Crippen molar-refractivity contribution >= 4 is 0 Å². The Bertz CT molecular complexity index is 176. The molecule has 0 bridgehead atoms. The summed E-state index contributed by atoms with van der Waals surface area (Å²) >= 11 is 0. The number of rotatable bonds is 7. The standard InChI is InChI=1S/C14H29NO/c1-11(2)8-12(3)15-10-14(16)9-13-6-4-5-7-13/h11-16H,4-10H2,1-3H3. The highest BCUT2D eigenvalue weighted by molar-refractivity contribution is 4.73. The van der Waals surface area contributed by atoms with Crippen LogP contribution in [0.4, 0.5) is 0 Å². The highest BCUT2D eigenvalue weighted by Crippen LogP contribution is 2.28. The molecule has 0 amide bonds. The van der Waals surface area contributed by atoms with Crippen LogP contribution in [0, 0.1) is 11.8 Å². The second-order valence-corrected chi connectivity index (χ2v) is 5.98. The fourth-order valence-corrected chi connectivity index (χ4v) is 2.84. The van der Waals surface area contributed by atoms with Crippen molar-refractivity contribution in [3.63, 3.8) is 0 Å². The van der Waals surface area contributed by atoms with Gasteiger partial charge < -0.3 is 10.4 Å². The molecule has 0 heterocycles. The first-order chi connectivity index (χ1) is 7.58. The van der Waals surface area contributed by atoms with Crippen molar-refractivity contribution in [3.8, 4) is 0 Å². The molecular formula is C14H29NO. The van der Waals surface area contributed by atoms with Gasteiger partial charge in [0, 0.05) is 12.6 Å². The molecule has 1 saturated carbocycles. The van der Waals surface area contributed by atoms with Gasteiger partial charge in [-0.25, -0.2) is 0 Å². The van der Waals surface area contributed by atoms with Gasteiger partial charge in [0.05, 0.1) is 6.10 Å². The van der Waals surface area contributed by atoms with Gasteiger partial charge in [-0.2, -0.15) is 0 Å². The largest absolute Gasteiger partial charge is 0.392 e. The van der Waals surface area contributed by atoms with E-state index in [-0.39, 0.29) is 6.10 Å². The van der Waals surface area contributed by atoms with Crippen LogP contribution in [0.2, 0.25) is 0 Å². The molecule has 96 valence electrons. The van der Waals surface area contributed by atoms with Gasteiger partial charge in [0.25, 0.3) is 0 Å². The van der Waals surface area contributed by atoms with Crippen molar-refractivity contribution in [2.75, 3.05) is 6.54 Å². The maximum Gasteiger partial charge on any atom is 0.0667 e. The van der Waals surface area contributed by atoms with Crippen molar-refractivity contribution in [2.45, 2.75) is 71.4 Å². The van der Waals surface area contributed by atoms with E-state index in [1.165, 1.54) is 32.1 Å². The van der Waals surface area contributed by atoms with Gasteiger partial charge in [0.1, 0.15) is 0 Å². The third-order valence-corrected chi connectivity index (χ3v) is 3.61. The fourth-order valence-electron chi connectivity index (χ4n) is 2.84. The Balaban J connectivity index is 2.06. The summed E-state index contributed by atoms with van der Waals surface area (Å²) in [6.07, 6.45) is 7.45. The Kier molecular flexibility index (Phi) is 6.37. The minimum atomic E-state index is -0.141. The molecule has 0 spiro atoms. The quantitative estimate of drug-likeness (QED) is 0.701. The van der Waals surface area contributed by atoms with Gasteiger partial charge in [-0.1, -0.05) is 39.5 Å². The van der Waals surface area contributed by atoms with Gasteiger partial charge in [-0.3, -0.25) is 0 Å². The summed E-state index contributed by atoms with van der Waals surface area (Å²) in [4.78, 5) is 0. The van der Waals surface area contributed by atoms with E-state index >= 15 is 0 Å². The first kappa shape index (κ1) is 14.0. The first-order valence-corrected chi connectivity index (χ1v) is 6.99. The smallest absolute Gasteiger partial charge is 0.0667 e. The predicted octanol–water partition coefficient (Wildman–Crippen LogP) is 2.95. The Morgan fingerprint density at radius 3 is 2.38 bits per heavy atom. The SMILES string of the molecule is CC(C)CC(C)NCC(O)CC1CCCC1. The molecule has 0 aliphatic heterocycles. The molecule has 0 saturated heterocycles. The lowest BCUT2D eigenvalue weighted by Crippen LogP contribution is -2.35. The lowest BCUT2D eigenvalue weighted by atomic mass is 9.99. The summed E-state index contributed by atoms with van der Waals surface area (Å²) in [6, 6.07) is 0.526. The molecular weight excluding hydrogens is 198 g/mol.